The molecule has 2 atom stereocenters. The fourth-order valence-electron chi connectivity index (χ4n) is 2.26. The van der Waals surface area contributed by atoms with Crippen LogP contribution in [0.1, 0.15) is 26.7 Å². The van der Waals surface area contributed by atoms with Gasteiger partial charge in [-0.15, -0.1) is 0 Å². The van der Waals surface area contributed by atoms with E-state index in [0.29, 0.717) is 25.9 Å². The van der Waals surface area contributed by atoms with Crippen LogP contribution in [0, 0.1) is 11.8 Å². The Balaban J connectivity index is 2.40. The van der Waals surface area contributed by atoms with Crippen molar-refractivity contribution in [2.45, 2.75) is 32.7 Å². The molecule has 0 aromatic carbocycles. The number of amides is 2. The van der Waals surface area contributed by atoms with Crippen LogP contribution in [0.3, 0.4) is 0 Å². The van der Waals surface area contributed by atoms with Gasteiger partial charge in [0.25, 0.3) is 0 Å². The molecule has 0 aromatic rings. The minimum Gasteiger partial charge on any atom is -0.481 e. The van der Waals surface area contributed by atoms with Crippen molar-refractivity contribution in [2.24, 2.45) is 11.8 Å². The zero-order valence-corrected chi connectivity index (χ0v) is 12.8. The first kappa shape index (κ1) is 17.4. The lowest BCUT2D eigenvalue weighted by Crippen LogP contribution is -2.49. The van der Waals surface area contributed by atoms with Crippen LogP contribution in [0.4, 0.5) is 0 Å². The summed E-state index contributed by atoms with van der Waals surface area (Å²) in [5.41, 5.74) is 0. The topological polar surface area (TPSA) is 95.9 Å². The smallest absolute Gasteiger partial charge is 0.307 e. The van der Waals surface area contributed by atoms with Gasteiger partial charge in [0.2, 0.25) is 11.8 Å². The molecule has 7 nitrogen and oxygen atoms in total. The molecule has 0 spiro atoms. The van der Waals surface area contributed by atoms with Crippen LogP contribution in [0.5, 0.6) is 0 Å². The SMILES string of the molecule is COCC(=O)N1CCC(NC(=O)C(C)C(C)C(=O)O)CC1. The molecule has 0 saturated carbocycles. The van der Waals surface area contributed by atoms with E-state index in [9.17, 15) is 14.4 Å². The largest absolute Gasteiger partial charge is 0.481 e. The molecule has 120 valence electrons. The average molecular weight is 300 g/mol. The van der Waals surface area contributed by atoms with Crippen LogP contribution in [-0.2, 0) is 19.1 Å². The van der Waals surface area contributed by atoms with Gasteiger partial charge in [-0.3, -0.25) is 14.4 Å². The molecule has 1 heterocycles. The van der Waals surface area contributed by atoms with Gasteiger partial charge >= 0.3 is 5.97 Å². The van der Waals surface area contributed by atoms with E-state index in [-0.39, 0.29) is 24.5 Å². The second-order valence-electron chi connectivity index (χ2n) is 5.51. The van der Waals surface area contributed by atoms with E-state index in [4.69, 9.17) is 9.84 Å². The number of likely N-dealkylation sites (tertiary alicyclic amines) is 1. The molecule has 1 saturated heterocycles. The molecule has 1 fully saturated rings. The molecule has 2 N–H and O–H groups in total. The number of hydrogen-bond donors (Lipinski definition) is 2. The molecule has 2 amide bonds. The number of carboxylic acids is 1. The van der Waals surface area contributed by atoms with Crippen molar-refractivity contribution in [1.82, 2.24) is 10.2 Å². The second-order valence-corrected chi connectivity index (χ2v) is 5.51. The summed E-state index contributed by atoms with van der Waals surface area (Å²) >= 11 is 0. The zero-order chi connectivity index (χ0) is 16.0. The summed E-state index contributed by atoms with van der Waals surface area (Å²) in [6, 6.07) is -0.00691. The second kappa shape index (κ2) is 7.97. The van der Waals surface area contributed by atoms with Gasteiger partial charge in [0.15, 0.2) is 0 Å². The first-order valence-corrected chi connectivity index (χ1v) is 7.16. The molecule has 0 bridgehead atoms. The number of rotatable bonds is 6. The number of ether oxygens (including phenoxy) is 1. The lowest BCUT2D eigenvalue weighted by atomic mass is 9.94. The monoisotopic (exact) mass is 300 g/mol. The van der Waals surface area contributed by atoms with Crippen molar-refractivity contribution in [2.75, 3.05) is 26.8 Å². The number of piperidine rings is 1. The van der Waals surface area contributed by atoms with Gasteiger partial charge < -0.3 is 20.1 Å². The minimum atomic E-state index is -0.974. The number of carbonyl (C=O) groups is 3. The maximum atomic E-state index is 12.0. The van der Waals surface area contributed by atoms with Crippen LogP contribution in [0.15, 0.2) is 0 Å². The Bertz CT molecular complexity index is 391. The quantitative estimate of drug-likeness (QED) is 0.725. The van der Waals surface area contributed by atoms with Gasteiger partial charge in [-0.25, -0.2) is 0 Å². The maximum absolute atomic E-state index is 12.0. The lowest BCUT2D eigenvalue weighted by Gasteiger charge is -2.33. The van der Waals surface area contributed by atoms with Crippen LogP contribution in [0.2, 0.25) is 0 Å². The van der Waals surface area contributed by atoms with Gasteiger partial charge in [-0.1, -0.05) is 13.8 Å². The molecule has 1 aliphatic heterocycles. The Kier molecular flexibility index (Phi) is 6.61. The van der Waals surface area contributed by atoms with Crippen molar-refractivity contribution in [3.63, 3.8) is 0 Å². The van der Waals surface area contributed by atoms with Gasteiger partial charge in [-0.2, -0.15) is 0 Å². The molecule has 21 heavy (non-hydrogen) atoms. The number of aliphatic carboxylic acids is 1. The Hall–Kier alpha value is -1.63. The van der Waals surface area contributed by atoms with Gasteiger partial charge in [0.05, 0.1) is 5.92 Å². The average Bonchev–Trinajstić information content (AvgIpc) is 2.46. The highest BCUT2D eigenvalue weighted by Gasteiger charge is 2.29. The van der Waals surface area contributed by atoms with Crippen molar-refractivity contribution < 1.29 is 24.2 Å². The number of methoxy groups -OCH3 is 1. The minimum absolute atomic E-state index is 0.00691. The molecular formula is C14H24N2O5. The highest BCUT2D eigenvalue weighted by Crippen LogP contribution is 2.15. The Labute approximate surface area is 124 Å². The molecule has 2 unspecified atom stereocenters. The number of carboxylic acid groups (broad SMARTS) is 1. The van der Waals surface area contributed by atoms with E-state index in [0.717, 1.165) is 0 Å². The lowest BCUT2D eigenvalue weighted by molar-refractivity contribution is -0.146. The van der Waals surface area contributed by atoms with E-state index < -0.39 is 17.8 Å². The standard InChI is InChI=1S/C14H24N2O5/c1-9(10(2)14(19)20)13(18)15-11-4-6-16(7-5-11)12(17)8-21-3/h9-11H,4-8H2,1-3H3,(H,15,18)(H,19,20). The zero-order valence-electron chi connectivity index (χ0n) is 12.8. The van der Waals surface area contributed by atoms with Crippen molar-refractivity contribution in [1.29, 1.82) is 0 Å². The Morgan fingerprint density at radius 1 is 1.24 bits per heavy atom. The first-order chi connectivity index (χ1) is 9.86. The fraction of sp³-hybridized carbons (Fsp3) is 0.786. The summed E-state index contributed by atoms with van der Waals surface area (Å²) in [4.78, 5) is 36.2. The highest BCUT2D eigenvalue weighted by molar-refractivity contribution is 5.84. The van der Waals surface area contributed by atoms with Crippen molar-refractivity contribution >= 4 is 17.8 Å². The Morgan fingerprint density at radius 3 is 2.29 bits per heavy atom. The fourth-order valence-corrected chi connectivity index (χ4v) is 2.26. The summed E-state index contributed by atoms with van der Waals surface area (Å²) in [6.45, 7) is 4.38. The number of carbonyl (C=O) groups excluding carboxylic acids is 2. The number of nitrogens with zero attached hydrogens (tertiary/aromatic N) is 1. The van der Waals surface area contributed by atoms with Crippen molar-refractivity contribution in [3.05, 3.63) is 0 Å². The summed E-state index contributed by atoms with van der Waals surface area (Å²) < 4.78 is 4.81. The van der Waals surface area contributed by atoms with Gasteiger partial charge in [-0.05, 0) is 12.8 Å². The van der Waals surface area contributed by atoms with Crippen LogP contribution < -0.4 is 5.32 Å². The Morgan fingerprint density at radius 2 is 1.81 bits per heavy atom. The predicted molar refractivity (Wildman–Crippen MR) is 75.6 cm³/mol. The highest BCUT2D eigenvalue weighted by atomic mass is 16.5. The predicted octanol–water partition coefficient (Wildman–Crippen LogP) is 0.0968. The van der Waals surface area contributed by atoms with E-state index in [1.807, 2.05) is 0 Å². The van der Waals surface area contributed by atoms with Crippen LogP contribution in [0.25, 0.3) is 0 Å². The molecule has 0 aromatic heterocycles. The third-order valence-electron chi connectivity index (χ3n) is 4.01. The molecule has 0 aliphatic carbocycles. The van der Waals surface area contributed by atoms with Gasteiger partial charge in [0, 0.05) is 32.2 Å². The van der Waals surface area contributed by atoms with Crippen LogP contribution >= 0.6 is 0 Å². The third kappa shape index (κ3) is 5.00. The molecule has 0 radical (unpaired) electrons. The normalized spacial score (nSPS) is 18.9. The number of hydrogen-bond acceptors (Lipinski definition) is 4. The molecule has 1 aliphatic rings. The summed E-state index contributed by atoms with van der Waals surface area (Å²) in [6.07, 6.45) is 1.35. The van der Waals surface area contributed by atoms with E-state index in [2.05, 4.69) is 5.32 Å². The molecular weight excluding hydrogens is 276 g/mol. The molecule has 1 rings (SSSR count). The summed E-state index contributed by atoms with van der Waals surface area (Å²) in [5, 5.41) is 11.8. The number of nitrogens with one attached hydrogen (secondary N) is 1. The maximum Gasteiger partial charge on any atom is 0.307 e. The third-order valence-corrected chi connectivity index (χ3v) is 4.01. The van der Waals surface area contributed by atoms with E-state index >= 15 is 0 Å². The van der Waals surface area contributed by atoms with Crippen LogP contribution in [-0.4, -0.2) is 60.6 Å². The molecule has 7 heteroatoms. The summed E-state index contributed by atoms with van der Waals surface area (Å²) in [5.74, 6) is -2.55. The van der Waals surface area contributed by atoms with Crippen molar-refractivity contribution in [3.8, 4) is 0 Å². The summed E-state index contributed by atoms with van der Waals surface area (Å²) in [7, 11) is 1.48. The first-order valence-electron chi connectivity index (χ1n) is 7.16. The van der Waals surface area contributed by atoms with E-state index in [1.54, 1.807) is 11.8 Å². The van der Waals surface area contributed by atoms with E-state index in [1.165, 1.54) is 14.0 Å². The van der Waals surface area contributed by atoms with Gasteiger partial charge in [0.1, 0.15) is 6.61 Å².